The van der Waals surface area contributed by atoms with Gasteiger partial charge >= 0.3 is 11.9 Å². The number of rotatable bonds is 37. The van der Waals surface area contributed by atoms with E-state index in [4.69, 9.17) is 18.9 Å². The monoisotopic (exact) mass is 869 g/mol. The lowest BCUT2D eigenvalue weighted by molar-refractivity contribution is -0.297. The number of hydrogen-bond acceptors (Lipinski definition) is 11. The Bertz CT molecular complexity index is 1340. The first kappa shape index (κ1) is 55.4. The molecule has 60 heavy (non-hydrogen) atoms. The third-order valence-electron chi connectivity index (χ3n) is 10.1. The highest BCUT2D eigenvalue weighted by Gasteiger charge is 2.46. The predicted molar refractivity (Wildman–Crippen MR) is 238 cm³/mol. The number of allylic oxidation sites excluding steroid dienone is 10. The second-order valence-corrected chi connectivity index (χ2v) is 17.2. The van der Waals surface area contributed by atoms with Crippen molar-refractivity contribution in [1.29, 1.82) is 0 Å². The van der Waals surface area contributed by atoms with Gasteiger partial charge in [-0.15, -0.1) is 0 Å². The maximum Gasteiger partial charge on any atom is 0.306 e. The van der Waals surface area contributed by atoms with Crippen molar-refractivity contribution >= 4 is 22.1 Å². The normalized spacial score (nSPS) is 20.7. The molecular formula is C47H80O12S. The third-order valence-corrected chi connectivity index (χ3v) is 10.8. The summed E-state index contributed by atoms with van der Waals surface area (Å²) in [5.41, 5.74) is 0. The van der Waals surface area contributed by atoms with Gasteiger partial charge in [0.15, 0.2) is 12.4 Å². The highest BCUT2D eigenvalue weighted by molar-refractivity contribution is 7.85. The van der Waals surface area contributed by atoms with Crippen molar-refractivity contribution < 1.29 is 56.8 Å². The van der Waals surface area contributed by atoms with Crippen LogP contribution in [0.3, 0.4) is 0 Å². The van der Waals surface area contributed by atoms with Crippen molar-refractivity contribution in [3.63, 3.8) is 0 Å². The highest BCUT2D eigenvalue weighted by Crippen LogP contribution is 2.24. The Hall–Kier alpha value is -2.65. The van der Waals surface area contributed by atoms with Crippen molar-refractivity contribution in [3.05, 3.63) is 60.8 Å². The second kappa shape index (κ2) is 37.0. The summed E-state index contributed by atoms with van der Waals surface area (Å²) >= 11 is 0. The van der Waals surface area contributed by atoms with Crippen LogP contribution in [0, 0.1) is 0 Å². The number of ether oxygens (including phenoxy) is 4. The number of carbonyl (C=O) groups is 2. The number of hydrogen-bond donors (Lipinski definition) is 4. The molecule has 0 amide bonds. The van der Waals surface area contributed by atoms with Crippen LogP contribution in [0.1, 0.15) is 168 Å². The fourth-order valence-corrected chi connectivity index (χ4v) is 7.18. The van der Waals surface area contributed by atoms with Gasteiger partial charge in [-0.25, -0.2) is 0 Å². The van der Waals surface area contributed by atoms with Gasteiger partial charge in [0.05, 0.1) is 6.61 Å². The van der Waals surface area contributed by atoms with E-state index in [1.54, 1.807) is 0 Å². The molecule has 1 heterocycles. The molecule has 1 aliphatic rings. The van der Waals surface area contributed by atoms with Crippen LogP contribution in [0.2, 0.25) is 0 Å². The van der Waals surface area contributed by atoms with Crippen molar-refractivity contribution in [1.82, 2.24) is 0 Å². The molecule has 0 radical (unpaired) electrons. The second-order valence-electron chi connectivity index (χ2n) is 15.7. The number of aliphatic hydroxyl groups excluding tert-OH is 3. The Morgan fingerprint density at radius 2 is 1.02 bits per heavy atom. The third kappa shape index (κ3) is 31.2. The van der Waals surface area contributed by atoms with E-state index in [1.807, 2.05) is 12.2 Å². The molecule has 12 nitrogen and oxygen atoms in total. The number of aliphatic hydroxyl groups is 3. The van der Waals surface area contributed by atoms with Gasteiger partial charge in [-0.3, -0.25) is 14.1 Å². The summed E-state index contributed by atoms with van der Waals surface area (Å²) in [6.07, 6.45) is 35.5. The molecule has 4 N–H and O–H groups in total. The van der Waals surface area contributed by atoms with Crippen LogP contribution in [0.4, 0.5) is 0 Å². The van der Waals surface area contributed by atoms with Crippen molar-refractivity contribution in [3.8, 4) is 0 Å². The molecule has 1 fully saturated rings. The lowest BCUT2D eigenvalue weighted by Gasteiger charge is -2.40. The average molecular weight is 869 g/mol. The maximum absolute atomic E-state index is 12.8. The van der Waals surface area contributed by atoms with Crippen molar-refractivity contribution in [2.45, 2.75) is 205 Å². The molecule has 0 aliphatic carbocycles. The first-order valence-corrected chi connectivity index (χ1v) is 24.5. The van der Waals surface area contributed by atoms with Gasteiger partial charge in [-0.05, 0) is 77.0 Å². The van der Waals surface area contributed by atoms with E-state index >= 15 is 0 Å². The van der Waals surface area contributed by atoms with Crippen molar-refractivity contribution in [2.75, 3.05) is 19.0 Å². The molecule has 0 aromatic carbocycles. The topological polar surface area (TPSA) is 186 Å². The van der Waals surface area contributed by atoms with Crippen LogP contribution in [0.5, 0.6) is 0 Å². The van der Waals surface area contributed by atoms with Crippen molar-refractivity contribution in [2.24, 2.45) is 0 Å². The minimum absolute atomic E-state index is 0.140. The Balaban J connectivity index is 2.49. The summed E-state index contributed by atoms with van der Waals surface area (Å²) in [7, 11) is -4.61. The molecule has 0 spiro atoms. The van der Waals surface area contributed by atoms with Crippen LogP contribution >= 0.6 is 0 Å². The highest BCUT2D eigenvalue weighted by atomic mass is 32.2. The maximum atomic E-state index is 12.8. The summed E-state index contributed by atoms with van der Waals surface area (Å²) in [6, 6.07) is 0. The molecule has 0 saturated carbocycles. The SMILES string of the molecule is CCCCC/C=C/C/C=C/C/C=C/C/C=C/CCCC(=O)OC[C@H](CO[C@H]1O[C@H](CS(=O)(=O)O)[C@@H](O)C(O)C1O)OC(=O)CCCCCCCCC/C=C/CCCCCC. The molecule has 0 aromatic rings. The van der Waals surface area contributed by atoms with Gasteiger partial charge in [0, 0.05) is 12.8 Å². The fraction of sp³-hybridized carbons (Fsp3) is 0.745. The van der Waals surface area contributed by atoms with E-state index in [0.29, 0.717) is 19.3 Å². The molecule has 1 rings (SSSR count). The molecule has 2 unspecified atom stereocenters. The molecule has 0 bridgehead atoms. The lowest BCUT2D eigenvalue weighted by Crippen LogP contribution is -2.60. The fourth-order valence-electron chi connectivity index (χ4n) is 6.49. The minimum atomic E-state index is -4.61. The molecule has 1 aliphatic heterocycles. The van der Waals surface area contributed by atoms with Crippen LogP contribution in [-0.2, 0) is 38.7 Å². The van der Waals surface area contributed by atoms with E-state index in [0.717, 1.165) is 57.8 Å². The lowest BCUT2D eigenvalue weighted by atomic mass is 10.00. The summed E-state index contributed by atoms with van der Waals surface area (Å²) in [5.74, 6) is -2.07. The Kier molecular flexibility index (Phi) is 34.1. The van der Waals surface area contributed by atoms with Gasteiger partial charge in [0.25, 0.3) is 10.1 Å². The molecule has 346 valence electrons. The van der Waals surface area contributed by atoms with Gasteiger partial charge < -0.3 is 34.3 Å². The summed E-state index contributed by atoms with van der Waals surface area (Å²) in [4.78, 5) is 25.4. The van der Waals surface area contributed by atoms with Gasteiger partial charge in [-0.2, -0.15) is 8.42 Å². The summed E-state index contributed by atoms with van der Waals surface area (Å²) < 4.78 is 54.0. The first-order valence-electron chi connectivity index (χ1n) is 22.8. The number of esters is 2. The van der Waals surface area contributed by atoms with Crippen LogP contribution in [-0.4, -0.2) is 96.0 Å². The number of carbonyl (C=O) groups excluding carboxylic acids is 2. The van der Waals surface area contributed by atoms with E-state index < -0.39 is 71.2 Å². The minimum Gasteiger partial charge on any atom is -0.462 e. The molecule has 13 heteroatoms. The van der Waals surface area contributed by atoms with Gasteiger partial charge in [0.1, 0.15) is 36.8 Å². The first-order chi connectivity index (χ1) is 29.0. The van der Waals surface area contributed by atoms with Gasteiger partial charge in [-0.1, -0.05) is 139 Å². The standard InChI is InChI=1S/C47H80O12S/c1-3-5-7-9-11-13-15-17-19-20-22-23-25-27-29-31-33-35-42(48)56-37-40(38-57-47-46(52)45(51)44(50)41(59-47)39-60(53,54)55)58-43(49)36-34-32-30-28-26-24-21-18-16-14-12-10-8-6-4-2/h11,13-14,16-17,19,22-23,27,29,40-41,44-47,50-52H,3-10,12,15,18,20-21,24-26,28,30-39H2,1-2H3,(H,53,54,55)/b13-11+,16-14+,19-17+,23-22+,29-27+/t40-,41-,44-,45?,46?,47+/m1/s1. The zero-order valence-electron chi connectivity index (χ0n) is 36.8. The molecule has 1 saturated heterocycles. The van der Waals surface area contributed by atoms with E-state index in [1.165, 1.54) is 64.2 Å². The Labute approximate surface area is 362 Å². The summed E-state index contributed by atoms with van der Waals surface area (Å²) in [5, 5.41) is 30.9. The summed E-state index contributed by atoms with van der Waals surface area (Å²) in [6.45, 7) is 3.66. The van der Waals surface area contributed by atoms with E-state index in [-0.39, 0.29) is 19.4 Å². The zero-order valence-corrected chi connectivity index (χ0v) is 37.6. The smallest absolute Gasteiger partial charge is 0.306 e. The Morgan fingerprint density at radius 1 is 0.567 bits per heavy atom. The zero-order chi connectivity index (χ0) is 44.1. The Morgan fingerprint density at radius 3 is 1.58 bits per heavy atom. The van der Waals surface area contributed by atoms with E-state index in [2.05, 4.69) is 62.5 Å². The van der Waals surface area contributed by atoms with Crippen LogP contribution in [0.25, 0.3) is 0 Å². The largest absolute Gasteiger partial charge is 0.462 e. The molecule has 0 aromatic heterocycles. The molecule has 6 atom stereocenters. The predicted octanol–water partition coefficient (Wildman–Crippen LogP) is 9.34. The van der Waals surface area contributed by atoms with E-state index in [9.17, 15) is 37.9 Å². The van der Waals surface area contributed by atoms with Crippen LogP contribution in [0.15, 0.2) is 60.8 Å². The molecular weight excluding hydrogens is 789 g/mol. The van der Waals surface area contributed by atoms with Crippen LogP contribution < -0.4 is 0 Å². The average Bonchev–Trinajstić information content (AvgIpc) is 3.21. The number of unbranched alkanes of at least 4 members (excludes halogenated alkanes) is 15. The quantitative estimate of drug-likeness (QED) is 0.0201. The van der Waals surface area contributed by atoms with Gasteiger partial charge in [0.2, 0.25) is 0 Å².